The average Bonchev–Trinajstić information content (AvgIpc) is 3.35. The molecule has 2 aromatic heterocycles. The molecule has 3 heteroatoms. The van der Waals surface area contributed by atoms with Gasteiger partial charge in [0.15, 0.2) is 5.78 Å². The molecule has 0 radical (unpaired) electrons. The first-order valence-corrected chi connectivity index (χ1v) is 11.8. The van der Waals surface area contributed by atoms with Crippen molar-refractivity contribution >= 4 is 17.0 Å². The van der Waals surface area contributed by atoms with Crippen molar-refractivity contribution in [1.29, 1.82) is 0 Å². The Kier molecular flexibility index (Phi) is 7.56. The summed E-state index contributed by atoms with van der Waals surface area (Å²) in [5, 5.41) is 0. The number of pyridine rings is 1. The molecule has 0 aliphatic heterocycles. The van der Waals surface area contributed by atoms with Crippen LogP contribution in [0.15, 0.2) is 122 Å². The summed E-state index contributed by atoms with van der Waals surface area (Å²) >= 11 is 0. The lowest BCUT2D eigenvalue weighted by atomic mass is 10.0. The van der Waals surface area contributed by atoms with Gasteiger partial charge in [0.2, 0.25) is 0 Å². The second-order valence-electron chi connectivity index (χ2n) is 8.01. The number of para-hydroxylation sites is 1. The second-order valence-corrected chi connectivity index (χ2v) is 8.01. The molecule has 0 saturated heterocycles. The standard InChI is InChI=1S/C17H19NO.C14H11N/c1-3-18(4-2)16-13-9-8-12-15(16)17(19)14-10-6-5-7-11-14;1-2-6-12(7-3-1)13-10-14-8-4-5-9-15(14)11-13/h5-13H,3-4H2,1-2H3;1-11H. The van der Waals surface area contributed by atoms with Gasteiger partial charge in [0, 0.05) is 53.4 Å². The molecular weight excluding hydrogens is 416 g/mol. The summed E-state index contributed by atoms with van der Waals surface area (Å²) in [6.07, 6.45) is 4.23. The smallest absolute Gasteiger partial charge is 0.195 e. The summed E-state index contributed by atoms with van der Waals surface area (Å²) in [6, 6.07) is 36.1. The van der Waals surface area contributed by atoms with E-state index in [-0.39, 0.29) is 5.78 Å². The number of ketones is 1. The SMILES string of the molecule is CCN(CC)c1ccccc1C(=O)c1ccccc1.c1ccc(-c2cc3ccccn3c2)cc1. The van der Waals surface area contributed by atoms with Crippen LogP contribution in [0.5, 0.6) is 0 Å². The van der Waals surface area contributed by atoms with Gasteiger partial charge in [-0.05, 0) is 49.7 Å². The summed E-state index contributed by atoms with van der Waals surface area (Å²) in [5.41, 5.74) is 6.29. The van der Waals surface area contributed by atoms with Gasteiger partial charge in [0.1, 0.15) is 0 Å². The lowest BCUT2D eigenvalue weighted by Crippen LogP contribution is -2.24. The third kappa shape index (κ3) is 5.26. The predicted molar refractivity (Wildman–Crippen MR) is 143 cm³/mol. The number of fused-ring (bicyclic) bond motifs is 1. The number of carbonyl (C=O) groups is 1. The summed E-state index contributed by atoms with van der Waals surface area (Å²) in [4.78, 5) is 14.8. The Hall–Kier alpha value is -4.11. The van der Waals surface area contributed by atoms with E-state index >= 15 is 0 Å². The molecule has 5 rings (SSSR count). The van der Waals surface area contributed by atoms with Gasteiger partial charge in [-0.25, -0.2) is 0 Å². The molecule has 3 aromatic carbocycles. The summed E-state index contributed by atoms with van der Waals surface area (Å²) < 4.78 is 2.14. The topological polar surface area (TPSA) is 24.7 Å². The van der Waals surface area contributed by atoms with Crippen LogP contribution in [-0.2, 0) is 0 Å². The average molecular weight is 447 g/mol. The number of hydrogen-bond acceptors (Lipinski definition) is 2. The molecule has 5 aromatic rings. The number of aromatic nitrogens is 1. The third-order valence-electron chi connectivity index (χ3n) is 5.90. The minimum Gasteiger partial charge on any atom is -0.371 e. The monoisotopic (exact) mass is 446 g/mol. The van der Waals surface area contributed by atoms with Crippen LogP contribution in [0.3, 0.4) is 0 Å². The van der Waals surface area contributed by atoms with Gasteiger partial charge in [-0.3, -0.25) is 4.79 Å². The van der Waals surface area contributed by atoms with Crippen LogP contribution in [-0.4, -0.2) is 23.3 Å². The molecule has 0 bridgehead atoms. The normalized spacial score (nSPS) is 10.4. The zero-order valence-electron chi connectivity index (χ0n) is 19.8. The van der Waals surface area contributed by atoms with Gasteiger partial charge in [-0.15, -0.1) is 0 Å². The zero-order chi connectivity index (χ0) is 23.8. The van der Waals surface area contributed by atoms with Crippen molar-refractivity contribution < 1.29 is 4.79 Å². The van der Waals surface area contributed by atoms with E-state index in [1.54, 1.807) is 0 Å². The van der Waals surface area contributed by atoms with E-state index in [0.29, 0.717) is 0 Å². The van der Waals surface area contributed by atoms with Gasteiger partial charge in [-0.2, -0.15) is 0 Å². The molecule has 0 N–H and O–H groups in total. The highest BCUT2D eigenvalue weighted by atomic mass is 16.1. The highest BCUT2D eigenvalue weighted by molar-refractivity contribution is 6.12. The van der Waals surface area contributed by atoms with Crippen LogP contribution >= 0.6 is 0 Å². The second kappa shape index (κ2) is 11.2. The van der Waals surface area contributed by atoms with Crippen molar-refractivity contribution in [3.63, 3.8) is 0 Å². The summed E-state index contributed by atoms with van der Waals surface area (Å²) in [6.45, 7) is 6.01. The highest BCUT2D eigenvalue weighted by Gasteiger charge is 2.15. The number of hydrogen-bond donors (Lipinski definition) is 0. The quantitative estimate of drug-likeness (QED) is 0.254. The first kappa shape index (κ1) is 23.1. The van der Waals surface area contributed by atoms with Crippen LogP contribution in [0, 0.1) is 0 Å². The van der Waals surface area contributed by atoms with Crippen molar-refractivity contribution in [3.05, 3.63) is 133 Å². The number of benzene rings is 3. The molecule has 0 amide bonds. The third-order valence-corrected chi connectivity index (χ3v) is 5.90. The minimum atomic E-state index is 0.0862. The van der Waals surface area contributed by atoms with E-state index in [9.17, 15) is 4.79 Å². The molecule has 34 heavy (non-hydrogen) atoms. The first-order valence-electron chi connectivity index (χ1n) is 11.8. The summed E-state index contributed by atoms with van der Waals surface area (Å²) in [5.74, 6) is 0.0862. The van der Waals surface area contributed by atoms with Crippen LogP contribution < -0.4 is 4.90 Å². The molecule has 0 aliphatic carbocycles. The molecule has 0 unspecified atom stereocenters. The predicted octanol–water partition coefficient (Wildman–Crippen LogP) is 7.37. The number of carbonyl (C=O) groups excluding carboxylic acids is 1. The van der Waals surface area contributed by atoms with Crippen molar-refractivity contribution in [2.24, 2.45) is 0 Å². The fraction of sp³-hybridized carbons (Fsp3) is 0.129. The van der Waals surface area contributed by atoms with Crippen molar-refractivity contribution in [2.75, 3.05) is 18.0 Å². The number of nitrogens with zero attached hydrogens (tertiary/aromatic N) is 2. The van der Waals surface area contributed by atoms with Gasteiger partial charge in [-0.1, -0.05) is 78.9 Å². The van der Waals surface area contributed by atoms with Gasteiger partial charge in [0.25, 0.3) is 0 Å². The molecule has 170 valence electrons. The van der Waals surface area contributed by atoms with Gasteiger partial charge >= 0.3 is 0 Å². The van der Waals surface area contributed by atoms with Gasteiger partial charge < -0.3 is 9.30 Å². The molecule has 2 heterocycles. The molecule has 0 fully saturated rings. The van der Waals surface area contributed by atoms with Gasteiger partial charge in [0.05, 0.1) is 0 Å². The Labute approximate surface area is 201 Å². The van der Waals surface area contributed by atoms with Crippen LogP contribution in [0.1, 0.15) is 29.8 Å². The lowest BCUT2D eigenvalue weighted by Gasteiger charge is -2.23. The molecule has 0 atom stereocenters. The Morgan fingerprint density at radius 1 is 0.706 bits per heavy atom. The molecule has 3 nitrogen and oxygen atoms in total. The Morgan fingerprint density at radius 3 is 2.00 bits per heavy atom. The lowest BCUT2D eigenvalue weighted by molar-refractivity contribution is 0.103. The minimum absolute atomic E-state index is 0.0862. The molecule has 0 aliphatic rings. The Morgan fingerprint density at radius 2 is 1.32 bits per heavy atom. The highest BCUT2D eigenvalue weighted by Crippen LogP contribution is 2.23. The number of anilines is 1. The summed E-state index contributed by atoms with van der Waals surface area (Å²) in [7, 11) is 0. The fourth-order valence-electron chi connectivity index (χ4n) is 4.09. The maximum absolute atomic E-state index is 12.6. The largest absolute Gasteiger partial charge is 0.371 e. The fourth-order valence-corrected chi connectivity index (χ4v) is 4.09. The van der Waals surface area contributed by atoms with Crippen molar-refractivity contribution in [2.45, 2.75) is 13.8 Å². The van der Waals surface area contributed by atoms with E-state index in [4.69, 9.17) is 0 Å². The first-order chi connectivity index (χ1) is 16.7. The van der Waals surface area contributed by atoms with E-state index in [1.165, 1.54) is 16.6 Å². The van der Waals surface area contributed by atoms with E-state index in [1.807, 2.05) is 66.7 Å². The van der Waals surface area contributed by atoms with E-state index < -0.39 is 0 Å². The molecule has 0 spiro atoms. The Bertz CT molecular complexity index is 1300. The molecular formula is C31H30N2O. The van der Waals surface area contributed by atoms with E-state index in [0.717, 1.165) is 29.9 Å². The maximum Gasteiger partial charge on any atom is 0.195 e. The maximum atomic E-state index is 12.6. The zero-order valence-corrected chi connectivity index (χ0v) is 19.8. The van der Waals surface area contributed by atoms with Crippen LogP contribution in [0.4, 0.5) is 5.69 Å². The van der Waals surface area contributed by atoms with E-state index in [2.05, 4.69) is 78.0 Å². The van der Waals surface area contributed by atoms with Crippen LogP contribution in [0.2, 0.25) is 0 Å². The van der Waals surface area contributed by atoms with Crippen molar-refractivity contribution in [1.82, 2.24) is 4.40 Å². The van der Waals surface area contributed by atoms with Crippen LogP contribution in [0.25, 0.3) is 16.6 Å². The number of rotatable bonds is 6. The molecule has 0 saturated carbocycles. The van der Waals surface area contributed by atoms with Crippen molar-refractivity contribution in [3.8, 4) is 11.1 Å². The Balaban J connectivity index is 0.000000165.